The van der Waals surface area contributed by atoms with Crippen LogP contribution in [0.2, 0.25) is 0 Å². The first-order valence-electron chi connectivity index (χ1n) is 13.2. The van der Waals surface area contributed by atoms with Crippen molar-refractivity contribution in [1.82, 2.24) is 0 Å². The smallest absolute Gasteiger partial charge is 0.0543 e. The van der Waals surface area contributed by atoms with Crippen LogP contribution in [-0.4, -0.2) is 11.2 Å². The molecule has 0 aromatic rings. The number of rotatable bonds is 6. The SMILES string of the molecule is C=C(C)[C@H](CC)CC[C@@H](C)[C@H]1CC[C@H]2C3=CCC4C[C@@H](O)CC[C@]4(C)[C@H]3CC[C@]12C. The molecular weight excluding hydrogens is 364 g/mol. The van der Waals surface area contributed by atoms with Crippen molar-refractivity contribution in [3.63, 3.8) is 0 Å². The molecule has 30 heavy (non-hydrogen) atoms. The van der Waals surface area contributed by atoms with E-state index in [1.165, 1.54) is 63.4 Å². The minimum absolute atomic E-state index is 0.0465. The van der Waals surface area contributed by atoms with Crippen molar-refractivity contribution in [3.8, 4) is 0 Å². The first-order chi connectivity index (χ1) is 14.2. The van der Waals surface area contributed by atoms with Crippen molar-refractivity contribution in [2.45, 2.75) is 111 Å². The van der Waals surface area contributed by atoms with Crippen LogP contribution >= 0.6 is 0 Å². The van der Waals surface area contributed by atoms with Gasteiger partial charge in [-0.15, -0.1) is 0 Å². The summed E-state index contributed by atoms with van der Waals surface area (Å²) in [6.07, 6.45) is 16.8. The van der Waals surface area contributed by atoms with Gasteiger partial charge >= 0.3 is 0 Å². The van der Waals surface area contributed by atoms with Gasteiger partial charge in [-0.05, 0) is 124 Å². The van der Waals surface area contributed by atoms with Gasteiger partial charge in [-0.2, -0.15) is 0 Å². The third-order valence-corrected chi connectivity index (χ3v) is 11.0. The van der Waals surface area contributed by atoms with E-state index in [2.05, 4.69) is 47.3 Å². The molecule has 0 heterocycles. The highest BCUT2D eigenvalue weighted by molar-refractivity contribution is 5.27. The highest BCUT2D eigenvalue weighted by atomic mass is 16.3. The van der Waals surface area contributed by atoms with Crippen LogP contribution in [0.5, 0.6) is 0 Å². The van der Waals surface area contributed by atoms with E-state index in [1.807, 2.05) is 5.57 Å². The summed E-state index contributed by atoms with van der Waals surface area (Å²) < 4.78 is 0. The fourth-order valence-corrected chi connectivity index (χ4v) is 8.93. The van der Waals surface area contributed by atoms with E-state index in [4.69, 9.17) is 0 Å². The molecule has 1 unspecified atom stereocenters. The molecule has 0 aromatic heterocycles. The van der Waals surface area contributed by atoms with Gasteiger partial charge in [-0.25, -0.2) is 0 Å². The quantitative estimate of drug-likeness (QED) is 0.439. The average molecular weight is 413 g/mol. The topological polar surface area (TPSA) is 20.2 Å². The van der Waals surface area contributed by atoms with Crippen LogP contribution in [0.25, 0.3) is 0 Å². The first-order valence-corrected chi connectivity index (χ1v) is 13.2. The minimum atomic E-state index is -0.0465. The van der Waals surface area contributed by atoms with E-state index in [-0.39, 0.29) is 6.10 Å². The Balaban J connectivity index is 1.49. The lowest BCUT2D eigenvalue weighted by atomic mass is 9.47. The number of aliphatic hydroxyl groups excluding tert-OH is 1. The Bertz CT molecular complexity index is 676. The molecule has 1 N–H and O–H groups in total. The summed E-state index contributed by atoms with van der Waals surface area (Å²) in [5.41, 5.74) is 4.21. The van der Waals surface area contributed by atoms with E-state index in [0.29, 0.717) is 22.7 Å². The van der Waals surface area contributed by atoms with Gasteiger partial charge in [0, 0.05) is 0 Å². The summed E-state index contributed by atoms with van der Waals surface area (Å²) in [5, 5.41) is 10.3. The number of aliphatic hydroxyl groups is 1. The molecule has 0 spiro atoms. The van der Waals surface area contributed by atoms with Gasteiger partial charge in [0.25, 0.3) is 0 Å². The molecule has 3 saturated carbocycles. The normalized spacial score (nSPS) is 45.0. The standard InChI is InChI=1S/C29H48O/c1-7-21(19(2)3)9-8-20(4)25-12-13-26-24-11-10-22-18-23(30)14-16-28(22,5)27(24)15-17-29(25,26)6/h11,20-23,25-27,30H,2,7-10,12-18H2,1,3-6H3/t20-,21-,22?,23+,25-,26+,27+,28+,29-/m1/s1. The number of hydrogen-bond acceptors (Lipinski definition) is 1. The van der Waals surface area contributed by atoms with E-state index in [9.17, 15) is 5.11 Å². The Morgan fingerprint density at radius 3 is 2.50 bits per heavy atom. The van der Waals surface area contributed by atoms with E-state index in [0.717, 1.165) is 36.5 Å². The highest BCUT2D eigenvalue weighted by Gasteiger charge is 2.58. The summed E-state index contributed by atoms with van der Waals surface area (Å²) in [6.45, 7) is 16.6. The second-order valence-corrected chi connectivity index (χ2v) is 12.4. The Kier molecular flexibility index (Phi) is 6.35. The molecule has 0 aliphatic heterocycles. The number of allylic oxidation sites excluding steroid dienone is 3. The maximum Gasteiger partial charge on any atom is 0.0543 e. The average Bonchev–Trinajstić information content (AvgIpc) is 3.06. The van der Waals surface area contributed by atoms with Crippen molar-refractivity contribution in [1.29, 1.82) is 0 Å². The van der Waals surface area contributed by atoms with Crippen molar-refractivity contribution < 1.29 is 5.11 Å². The predicted octanol–water partition coefficient (Wildman–Crippen LogP) is 7.94. The van der Waals surface area contributed by atoms with Crippen molar-refractivity contribution >= 4 is 0 Å². The van der Waals surface area contributed by atoms with E-state index >= 15 is 0 Å². The third kappa shape index (κ3) is 3.66. The molecule has 0 amide bonds. The van der Waals surface area contributed by atoms with Gasteiger partial charge in [0.1, 0.15) is 0 Å². The van der Waals surface area contributed by atoms with Crippen LogP contribution in [0.15, 0.2) is 23.8 Å². The molecule has 1 heteroatoms. The van der Waals surface area contributed by atoms with Crippen molar-refractivity contribution in [2.75, 3.05) is 0 Å². The van der Waals surface area contributed by atoms with Crippen LogP contribution in [-0.2, 0) is 0 Å². The van der Waals surface area contributed by atoms with Crippen LogP contribution in [0, 0.1) is 46.3 Å². The van der Waals surface area contributed by atoms with Crippen LogP contribution in [0.1, 0.15) is 105 Å². The Morgan fingerprint density at radius 2 is 1.80 bits per heavy atom. The van der Waals surface area contributed by atoms with Gasteiger partial charge in [-0.1, -0.05) is 51.5 Å². The lowest BCUT2D eigenvalue weighted by Crippen LogP contribution is -2.49. The molecule has 4 rings (SSSR count). The molecule has 4 aliphatic rings. The summed E-state index contributed by atoms with van der Waals surface area (Å²) in [6, 6.07) is 0. The highest BCUT2D eigenvalue weighted by Crippen LogP contribution is 2.67. The number of fused-ring (bicyclic) bond motifs is 5. The second kappa shape index (κ2) is 8.42. The molecule has 0 aromatic carbocycles. The molecule has 0 saturated heterocycles. The van der Waals surface area contributed by atoms with Gasteiger partial charge in [-0.3, -0.25) is 0 Å². The molecule has 170 valence electrons. The monoisotopic (exact) mass is 412 g/mol. The van der Waals surface area contributed by atoms with Crippen LogP contribution < -0.4 is 0 Å². The molecule has 0 bridgehead atoms. The molecule has 0 radical (unpaired) electrons. The minimum Gasteiger partial charge on any atom is -0.393 e. The van der Waals surface area contributed by atoms with E-state index in [1.54, 1.807) is 0 Å². The second-order valence-electron chi connectivity index (χ2n) is 12.4. The van der Waals surface area contributed by atoms with Crippen molar-refractivity contribution in [2.24, 2.45) is 46.3 Å². The lowest BCUT2D eigenvalue weighted by molar-refractivity contribution is -0.0428. The molecule has 3 fully saturated rings. The van der Waals surface area contributed by atoms with Gasteiger partial charge in [0.15, 0.2) is 0 Å². The van der Waals surface area contributed by atoms with Gasteiger partial charge in [0.05, 0.1) is 6.10 Å². The van der Waals surface area contributed by atoms with Crippen LogP contribution in [0.3, 0.4) is 0 Å². The molecule has 9 atom stereocenters. The maximum atomic E-state index is 10.3. The fourth-order valence-electron chi connectivity index (χ4n) is 8.93. The fraction of sp³-hybridized carbons (Fsp3) is 0.862. The summed E-state index contributed by atoms with van der Waals surface area (Å²) >= 11 is 0. The van der Waals surface area contributed by atoms with Gasteiger partial charge < -0.3 is 5.11 Å². The molecule has 4 aliphatic carbocycles. The van der Waals surface area contributed by atoms with Gasteiger partial charge in [0.2, 0.25) is 0 Å². The Labute approximate surface area is 186 Å². The first kappa shape index (κ1) is 22.6. The Morgan fingerprint density at radius 1 is 1.10 bits per heavy atom. The maximum absolute atomic E-state index is 10.3. The van der Waals surface area contributed by atoms with E-state index < -0.39 is 0 Å². The van der Waals surface area contributed by atoms with Crippen LogP contribution in [0.4, 0.5) is 0 Å². The Hall–Kier alpha value is -0.560. The summed E-state index contributed by atoms with van der Waals surface area (Å²) in [5.74, 6) is 4.78. The molecule has 1 nitrogen and oxygen atoms in total. The molecular formula is C29H48O. The third-order valence-electron chi connectivity index (χ3n) is 11.0. The zero-order valence-electron chi connectivity index (χ0n) is 20.6. The zero-order valence-corrected chi connectivity index (χ0v) is 20.6. The largest absolute Gasteiger partial charge is 0.393 e. The summed E-state index contributed by atoms with van der Waals surface area (Å²) in [4.78, 5) is 0. The number of hydrogen-bond donors (Lipinski definition) is 1. The lowest BCUT2D eigenvalue weighted by Gasteiger charge is -2.57. The zero-order chi connectivity index (χ0) is 21.7. The predicted molar refractivity (Wildman–Crippen MR) is 128 cm³/mol. The summed E-state index contributed by atoms with van der Waals surface area (Å²) in [7, 11) is 0. The van der Waals surface area contributed by atoms with Crippen molar-refractivity contribution in [3.05, 3.63) is 23.8 Å².